The van der Waals surface area contributed by atoms with Gasteiger partial charge in [-0.1, -0.05) is 25.8 Å². The normalized spacial score (nSPS) is 12.5. The van der Waals surface area contributed by atoms with Gasteiger partial charge < -0.3 is 11.1 Å². The molecule has 0 saturated heterocycles. The second-order valence-corrected chi connectivity index (χ2v) is 3.88. The van der Waals surface area contributed by atoms with Crippen LogP contribution >= 0.6 is 0 Å². The summed E-state index contributed by atoms with van der Waals surface area (Å²) in [5, 5.41) is 3.37. The predicted molar refractivity (Wildman–Crippen MR) is 65.0 cm³/mol. The molecule has 1 unspecified atom stereocenters. The van der Waals surface area contributed by atoms with Gasteiger partial charge in [-0.15, -0.1) is 0 Å². The summed E-state index contributed by atoms with van der Waals surface area (Å²) in [5.41, 5.74) is 6.74. The van der Waals surface area contributed by atoms with E-state index < -0.39 is 0 Å². The lowest BCUT2D eigenvalue weighted by Crippen LogP contribution is -2.29. The van der Waals surface area contributed by atoms with Gasteiger partial charge in [0, 0.05) is 18.3 Å². The van der Waals surface area contributed by atoms with Crippen LogP contribution in [0.25, 0.3) is 0 Å². The Morgan fingerprint density at radius 3 is 2.87 bits per heavy atom. The van der Waals surface area contributed by atoms with Crippen LogP contribution in [0.1, 0.15) is 31.9 Å². The van der Waals surface area contributed by atoms with Crippen molar-refractivity contribution in [3.63, 3.8) is 0 Å². The van der Waals surface area contributed by atoms with Crippen LogP contribution in [0.15, 0.2) is 18.2 Å². The fourth-order valence-corrected chi connectivity index (χ4v) is 1.53. The van der Waals surface area contributed by atoms with E-state index in [0.29, 0.717) is 12.6 Å². The first-order valence-electron chi connectivity index (χ1n) is 5.66. The SMILES string of the molecule is CCCCC(CN)Nc1cccc(C)n1. The summed E-state index contributed by atoms with van der Waals surface area (Å²) in [6.45, 7) is 4.85. The first-order valence-corrected chi connectivity index (χ1v) is 5.66. The zero-order valence-corrected chi connectivity index (χ0v) is 9.66. The molecule has 3 heteroatoms. The number of nitrogens with zero attached hydrogens (tertiary/aromatic N) is 1. The van der Waals surface area contributed by atoms with Crippen molar-refractivity contribution in [3.05, 3.63) is 23.9 Å². The van der Waals surface area contributed by atoms with Gasteiger partial charge in [0.25, 0.3) is 0 Å². The molecule has 1 rings (SSSR count). The van der Waals surface area contributed by atoms with Crippen molar-refractivity contribution >= 4 is 5.82 Å². The van der Waals surface area contributed by atoms with Crippen LogP contribution in [0, 0.1) is 6.92 Å². The number of rotatable bonds is 6. The van der Waals surface area contributed by atoms with E-state index in [1.165, 1.54) is 12.8 Å². The molecule has 84 valence electrons. The van der Waals surface area contributed by atoms with E-state index in [2.05, 4.69) is 17.2 Å². The van der Waals surface area contributed by atoms with Crippen molar-refractivity contribution in [2.75, 3.05) is 11.9 Å². The molecule has 0 aliphatic heterocycles. The highest BCUT2D eigenvalue weighted by molar-refractivity contribution is 5.36. The summed E-state index contributed by atoms with van der Waals surface area (Å²) in [5.74, 6) is 0.932. The molecule has 0 saturated carbocycles. The summed E-state index contributed by atoms with van der Waals surface area (Å²) in [7, 11) is 0. The van der Waals surface area contributed by atoms with Gasteiger partial charge in [-0.25, -0.2) is 4.98 Å². The Morgan fingerprint density at radius 2 is 2.27 bits per heavy atom. The summed E-state index contributed by atoms with van der Waals surface area (Å²) in [6.07, 6.45) is 3.53. The van der Waals surface area contributed by atoms with E-state index in [1.807, 2.05) is 25.1 Å². The second kappa shape index (κ2) is 6.40. The van der Waals surface area contributed by atoms with Gasteiger partial charge in [0.15, 0.2) is 0 Å². The van der Waals surface area contributed by atoms with E-state index in [9.17, 15) is 0 Å². The zero-order chi connectivity index (χ0) is 11.1. The summed E-state index contributed by atoms with van der Waals surface area (Å²) >= 11 is 0. The molecule has 3 nitrogen and oxygen atoms in total. The third-order valence-electron chi connectivity index (χ3n) is 2.43. The highest BCUT2D eigenvalue weighted by Crippen LogP contribution is 2.09. The fourth-order valence-electron chi connectivity index (χ4n) is 1.53. The van der Waals surface area contributed by atoms with Crippen LogP contribution in [-0.2, 0) is 0 Å². The smallest absolute Gasteiger partial charge is 0.126 e. The molecule has 0 aliphatic carbocycles. The highest BCUT2D eigenvalue weighted by Gasteiger charge is 2.05. The molecule has 0 aromatic carbocycles. The summed E-state index contributed by atoms with van der Waals surface area (Å²) in [6, 6.07) is 6.34. The van der Waals surface area contributed by atoms with Crippen molar-refractivity contribution in [3.8, 4) is 0 Å². The number of aromatic nitrogens is 1. The quantitative estimate of drug-likeness (QED) is 0.752. The lowest BCUT2D eigenvalue weighted by molar-refractivity contribution is 0.612. The maximum absolute atomic E-state index is 5.71. The van der Waals surface area contributed by atoms with E-state index in [-0.39, 0.29) is 0 Å². The molecule has 0 bridgehead atoms. The van der Waals surface area contributed by atoms with Gasteiger partial charge in [0.1, 0.15) is 5.82 Å². The van der Waals surface area contributed by atoms with Crippen molar-refractivity contribution < 1.29 is 0 Å². The van der Waals surface area contributed by atoms with Gasteiger partial charge in [-0.05, 0) is 25.5 Å². The molecule has 0 radical (unpaired) electrons. The zero-order valence-electron chi connectivity index (χ0n) is 9.66. The number of pyridine rings is 1. The third-order valence-corrected chi connectivity index (χ3v) is 2.43. The van der Waals surface area contributed by atoms with Gasteiger partial charge in [0.2, 0.25) is 0 Å². The molecular formula is C12H21N3. The highest BCUT2D eigenvalue weighted by atomic mass is 15.0. The van der Waals surface area contributed by atoms with Crippen LogP contribution in [0.5, 0.6) is 0 Å². The standard InChI is InChI=1S/C12H21N3/c1-3-4-7-11(9-13)15-12-8-5-6-10(2)14-12/h5-6,8,11H,3-4,7,9,13H2,1-2H3,(H,14,15). The Labute approximate surface area is 92.1 Å². The number of hydrogen-bond donors (Lipinski definition) is 2. The van der Waals surface area contributed by atoms with Crippen LogP contribution in [-0.4, -0.2) is 17.6 Å². The number of hydrogen-bond acceptors (Lipinski definition) is 3. The average molecular weight is 207 g/mol. The third kappa shape index (κ3) is 4.30. The van der Waals surface area contributed by atoms with Gasteiger partial charge in [-0.2, -0.15) is 0 Å². The molecule has 0 aliphatic rings. The van der Waals surface area contributed by atoms with Crippen molar-refractivity contribution in [1.82, 2.24) is 4.98 Å². The molecule has 3 N–H and O–H groups in total. The Balaban J connectivity index is 2.50. The Bertz CT molecular complexity index is 286. The Morgan fingerprint density at radius 1 is 1.47 bits per heavy atom. The molecule has 0 amide bonds. The Kier molecular flexibility index (Phi) is 5.12. The topological polar surface area (TPSA) is 50.9 Å². The largest absolute Gasteiger partial charge is 0.366 e. The maximum atomic E-state index is 5.71. The lowest BCUT2D eigenvalue weighted by Gasteiger charge is -2.17. The fraction of sp³-hybridized carbons (Fsp3) is 0.583. The molecule has 1 heterocycles. The number of nitrogens with two attached hydrogens (primary N) is 1. The average Bonchev–Trinajstić information content (AvgIpc) is 2.24. The Hall–Kier alpha value is -1.09. The number of anilines is 1. The number of aryl methyl sites for hydroxylation is 1. The molecular weight excluding hydrogens is 186 g/mol. The van der Waals surface area contributed by atoms with Crippen molar-refractivity contribution in [2.24, 2.45) is 5.73 Å². The number of nitrogens with one attached hydrogen (secondary N) is 1. The number of unbranched alkanes of at least 4 members (excludes halogenated alkanes) is 1. The summed E-state index contributed by atoms with van der Waals surface area (Å²) in [4.78, 5) is 4.40. The molecule has 0 fully saturated rings. The van der Waals surface area contributed by atoms with Crippen LogP contribution in [0.4, 0.5) is 5.82 Å². The molecule has 1 aromatic rings. The van der Waals surface area contributed by atoms with Gasteiger partial charge in [0.05, 0.1) is 0 Å². The van der Waals surface area contributed by atoms with Crippen LogP contribution < -0.4 is 11.1 Å². The first-order chi connectivity index (χ1) is 7.26. The molecule has 0 spiro atoms. The minimum atomic E-state index is 0.347. The van der Waals surface area contributed by atoms with Crippen LogP contribution in [0.3, 0.4) is 0 Å². The molecule has 1 aromatic heterocycles. The van der Waals surface area contributed by atoms with E-state index in [1.54, 1.807) is 0 Å². The monoisotopic (exact) mass is 207 g/mol. The van der Waals surface area contributed by atoms with E-state index in [4.69, 9.17) is 5.73 Å². The van der Waals surface area contributed by atoms with Gasteiger partial charge >= 0.3 is 0 Å². The minimum Gasteiger partial charge on any atom is -0.366 e. The second-order valence-electron chi connectivity index (χ2n) is 3.88. The maximum Gasteiger partial charge on any atom is 0.126 e. The summed E-state index contributed by atoms with van der Waals surface area (Å²) < 4.78 is 0. The van der Waals surface area contributed by atoms with Crippen molar-refractivity contribution in [2.45, 2.75) is 39.2 Å². The minimum absolute atomic E-state index is 0.347. The van der Waals surface area contributed by atoms with Gasteiger partial charge in [-0.3, -0.25) is 0 Å². The van der Waals surface area contributed by atoms with E-state index >= 15 is 0 Å². The molecule has 1 atom stereocenters. The predicted octanol–water partition coefficient (Wildman–Crippen LogP) is 2.32. The van der Waals surface area contributed by atoms with Crippen molar-refractivity contribution in [1.29, 1.82) is 0 Å². The van der Waals surface area contributed by atoms with E-state index in [0.717, 1.165) is 17.9 Å². The first kappa shape index (κ1) is 12.0. The van der Waals surface area contributed by atoms with Crippen LogP contribution in [0.2, 0.25) is 0 Å². The molecule has 15 heavy (non-hydrogen) atoms. The lowest BCUT2D eigenvalue weighted by atomic mass is 10.1.